The van der Waals surface area contributed by atoms with Gasteiger partial charge in [-0.15, -0.1) is 0 Å². The van der Waals surface area contributed by atoms with Crippen LogP contribution in [0.4, 0.5) is 0 Å². The number of hydrogen-bond donors (Lipinski definition) is 1. The number of nitrogens with one attached hydrogen (secondary N) is 1. The molecule has 2 rings (SSSR count). The highest BCUT2D eigenvalue weighted by molar-refractivity contribution is 9.10. The first-order valence-electron chi connectivity index (χ1n) is 7.42. The molecule has 0 heterocycles. The molecule has 0 aliphatic heterocycles. The van der Waals surface area contributed by atoms with Crippen LogP contribution >= 0.6 is 15.9 Å². The van der Waals surface area contributed by atoms with Crippen molar-refractivity contribution < 1.29 is 9.53 Å². The Morgan fingerprint density at radius 3 is 2.50 bits per heavy atom. The molecule has 1 amide bonds. The molecule has 0 spiro atoms. The van der Waals surface area contributed by atoms with Crippen molar-refractivity contribution in [2.75, 3.05) is 6.61 Å². The Morgan fingerprint density at radius 1 is 1.14 bits per heavy atom. The lowest BCUT2D eigenvalue weighted by Crippen LogP contribution is -2.32. The zero-order valence-electron chi connectivity index (χ0n) is 12.6. The van der Waals surface area contributed by atoms with E-state index in [0.29, 0.717) is 5.75 Å². The Hall–Kier alpha value is -1.81. The molecule has 22 heavy (non-hydrogen) atoms. The lowest BCUT2D eigenvalue weighted by Gasteiger charge is -2.19. The molecule has 0 radical (unpaired) electrons. The second-order valence-electron chi connectivity index (χ2n) is 5.04. The summed E-state index contributed by atoms with van der Waals surface area (Å²) in [6.07, 6.45) is 1.91. The van der Waals surface area contributed by atoms with E-state index in [9.17, 15) is 4.79 Å². The first-order valence-corrected chi connectivity index (χ1v) is 8.21. The van der Waals surface area contributed by atoms with Crippen molar-refractivity contribution in [1.29, 1.82) is 0 Å². The molecular formula is C18H20BrNO2. The summed E-state index contributed by atoms with van der Waals surface area (Å²) in [5.74, 6) is 0.558. The van der Waals surface area contributed by atoms with Crippen LogP contribution in [0.15, 0.2) is 59.1 Å². The summed E-state index contributed by atoms with van der Waals surface area (Å²) < 4.78 is 6.40. The van der Waals surface area contributed by atoms with Crippen LogP contribution in [0, 0.1) is 0 Å². The number of ether oxygens (including phenoxy) is 1. The smallest absolute Gasteiger partial charge is 0.258 e. The van der Waals surface area contributed by atoms with Crippen LogP contribution in [0.5, 0.6) is 5.75 Å². The van der Waals surface area contributed by atoms with Crippen LogP contribution in [0.1, 0.15) is 31.4 Å². The van der Waals surface area contributed by atoms with Crippen LogP contribution in [-0.2, 0) is 4.79 Å². The molecule has 0 saturated heterocycles. The van der Waals surface area contributed by atoms with Gasteiger partial charge in [0.25, 0.3) is 5.91 Å². The number of carbonyl (C=O) groups excluding carboxylic acids is 1. The Bertz CT molecular complexity index is 601. The highest BCUT2D eigenvalue weighted by atomic mass is 79.9. The Balaban J connectivity index is 1.93. The summed E-state index contributed by atoms with van der Waals surface area (Å²) in [6, 6.07) is 17.6. The van der Waals surface area contributed by atoms with Gasteiger partial charge >= 0.3 is 0 Å². The third-order valence-corrected chi connectivity index (χ3v) is 3.97. The van der Waals surface area contributed by atoms with E-state index in [1.165, 1.54) is 0 Å². The molecule has 3 nitrogen and oxygen atoms in total. The number of amides is 1. The minimum atomic E-state index is -0.113. The quantitative estimate of drug-likeness (QED) is 0.788. The van der Waals surface area contributed by atoms with E-state index >= 15 is 0 Å². The number of hydrogen-bond acceptors (Lipinski definition) is 2. The van der Waals surface area contributed by atoms with Crippen LogP contribution in [0.2, 0.25) is 0 Å². The zero-order chi connectivity index (χ0) is 15.8. The molecule has 0 aliphatic rings. The molecule has 116 valence electrons. The molecule has 0 aliphatic carbocycles. The summed E-state index contributed by atoms with van der Waals surface area (Å²) in [5.41, 5.74) is 1.12. The van der Waals surface area contributed by atoms with E-state index < -0.39 is 0 Å². The second kappa shape index (κ2) is 8.59. The molecule has 0 aromatic heterocycles. The average Bonchev–Trinajstić information content (AvgIpc) is 2.54. The topological polar surface area (TPSA) is 38.3 Å². The Kier molecular flexibility index (Phi) is 6.46. The fraction of sp³-hybridized carbons (Fsp3) is 0.278. The third-order valence-electron chi connectivity index (χ3n) is 3.31. The Labute approximate surface area is 139 Å². The highest BCUT2D eigenvalue weighted by Crippen LogP contribution is 2.23. The molecule has 0 fully saturated rings. The van der Waals surface area contributed by atoms with Crippen LogP contribution < -0.4 is 10.1 Å². The van der Waals surface area contributed by atoms with Crippen molar-refractivity contribution in [3.8, 4) is 5.75 Å². The van der Waals surface area contributed by atoms with Crippen molar-refractivity contribution in [1.82, 2.24) is 5.32 Å². The summed E-state index contributed by atoms with van der Waals surface area (Å²) in [5, 5.41) is 3.04. The maximum atomic E-state index is 12.1. The van der Waals surface area contributed by atoms with Crippen molar-refractivity contribution >= 4 is 21.8 Å². The van der Waals surface area contributed by atoms with Gasteiger partial charge in [-0.2, -0.15) is 0 Å². The van der Waals surface area contributed by atoms with Crippen molar-refractivity contribution in [3.05, 3.63) is 64.6 Å². The van der Waals surface area contributed by atoms with Crippen molar-refractivity contribution in [3.63, 3.8) is 0 Å². The van der Waals surface area contributed by atoms with E-state index in [1.54, 1.807) is 0 Å². The monoisotopic (exact) mass is 361 g/mol. The molecule has 0 bridgehead atoms. The molecule has 1 N–H and O–H groups in total. The summed E-state index contributed by atoms with van der Waals surface area (Å²) in [4.78, 5) is 12.1. The van der Waals surface area contributed by atoms with Gasteiger partial charge in [0.1, 0.15) is 5.75 Å². The average molecular weight is 362 g/mol. The van der Waals surface area contributed by atoms with E-state index in [0.717, 1.165) is 22.9 Å². The number of rotatable bonds is 7. The SMILES string of the molecule is CCCC(NC(=O)COc1ccccc1Br)c1ccccc1. The maximum absolute atomic E-state index is 12.1. The van der Waals surface area contributed by atoms with Gasteiger partial charge in [0.2, 0.25) is 0 Å². The predicted octanol–water partition coefficient (Wildman–Crippen LogP) is 4.49. The van der Waals surface area contributed by atoms with Crippen molar-refractivity contribution in [2.24, 2.45) is 0 Å². The maximum Gasteiger partial charge on any atom is 0.258 e. The standard InChI is InChI=1S/C18H20BrNO2/c1-2-8-16(14-9-4-3-5-10-14)20-18(21)13-22-17-12-7-6-11-15(17)19/h3-7,9-12,16H,2,8,13H2,1H3,(H,20,21). The first kappa shape index (κ1) is 16.6. The van der Waals surface area contributed by atoms with Gasteiger partial charge in [0.05, 0.1) is 10.5 Å². The minimum Gasteiger partial charge on any atom is -0.483 e. The predicted molar refractivity (Wildman–Crippen MR) is 91.9 cm³/mol. The normalized spacial score (nSPS) is 11.7. The van der Waals surface area contributed by atoms with Crippen LogP contribution in [0.3, 0.4) is 0 Å². The van der Waals surface area contributed by atoms with Gasteiger partial charge in [-0.3, -0.25) is 4.79 Å². The highest BCUT2D eigenvalue weighted by Gasteiger charge is 2.14. The van der Waals surface area contributed by atoms with Gasteiger partial charge < -0.3 is 10.1 Å². The van der Waals surface area contributed by atoms with Gasteiger partial charge in [0.15, 0.2) is 6.61 Å². The fourth-order valence-corrected chi connectivity index (χ4v) is 2.64. The van der Waals surface area contributed by atoms with E-state index in [2.05, 4.69) is 28.2 Å². The fourth-order valence-electron chi connectivity index (χ4n) is 2.24. The summed E-state index contributed by atoms with van der Waals surface area (Å²) in [6.45, 7) is 2.12. The van der Waals surface area contributed by atoms with Gasteiger partial charge in [-0.25, -0.2) is 0 Å². The number of halogens is 1. The van der Waals surface area contributed by atoms with E-state index in [1.807, 2.05) is 54.6 Å². The lowest BCUT2D eigenvalue weighted by molar-refractivity contribution is -0.123. The molecule has 1 atom stereocenters. The molecule has 0 saturated carbocycles. The molecule has 1 unspecified atom stereocenters. The van der Waals surface area contributed by atoms with E-state index in [-0.39, 0.29) is 18.6 Å². The van der Waals surface area contributed by atoms with Gasteiger partial charge in [-0.1, -0.05) is 55.8 Å². The van der Waals surface area contributed by atoms with Crippen molar-refractivity contribution in [2.45, 2.75) is 25.8 Å². The number of carbonyl (C=O) groups is 1. The Morgan fingerprint density at radius 2 is 1.82 bits per heavy atom. The lowest BCUT2D eigenvalue weighted by atomic mass is 10.0. The van der Waals surface area contributed by atoms with Crippen LogP contribution in [0.25, 0.3) is 0 Å². The number of para-hydroxylation sites is 1. The molecule has 4 heteroatoms. The molecule has 2 aromatic carbocycles. The summed E-state index contributed by atoms with van der Waals surface area (Å²) in [7, 11) is 0. The molecule has 2 aromatic rings. The van der Waals surface area contributed by atoms with Gasteiger partial charge in [0, 0.05) is 0 Å². The minimum absolute atomic E-state index is 0.00958. The summed E-state index contributed by atoms with van der Waals surface area (Å²) >= 11 is 3.40. The second-order valence-corrected chi connectivity index (χ2v) is 5.89. The van der Waals surface area contributed by atoms with E-state index in [4.69, 9.17) is 4.74 Å². The number of benzene rings is 2. The van der Waals surface area contributed by atoms with Gasteiger partial charge in [-0.05, 0) is 40.0 Å². The first-order chi connectivity index (χ1) is 10.7. The molecular weight excluding hydrogens is 342 g/mol. The zero-order valence-corrected chi connectivity index (χ0v) is 14.2. The third kappa shape index (κ3) is 4.88. The largest absolute Gasteiger partial charge is 0.483 e. The van der Waals surface area contributed by atoms with Crippen LogP contribution in [-0.4, -0.2) is 12.5 Å².